The highest BCUT2D eigenvalue weighted by Crippen LogP contribution is 2.28. The molecule has 2 saturated heterocycles. The minimum Gasteiger partial charge on any atom is -0.482 e. The Morgan fingerprint density at radius 3 is 2.57 bits per heavy atom. The molecule has 0 saturated carbocycles. The van der Waals surface area contributed by atoms with Gasteiger partial charge in [0.2, 0.25) is 0 Å². The van der Waals surface area contributed by atoms with E-state index in [1.807, 2.05) is 4.90 Å². The van der Waals surface area contributed by atoms with Crippen LogP contribution in [0.2, 0.25) is 10.0 Å². The van der Waals surface area contributed by atoms with Crippen LogP contribution in [0.5, 0.6) is 5.75 Å². The zero-order valence-corrected chi connectivity index (χ0v) is 14.2. The average Bonchev–Trinajstić information content (AvgIpc) is 3.08. The summed E-state index contributed by atoms with van der Waals surface area (Å²) in [6.07, 6.45) is 1.67. The van der Waals surface area contributed by atoms with Crippen molar-refractivity contribution in [3.63, 3.8) is 0 Å². The molecule has 7 heteroatoms. The van der Waals surface area contributed by atoms with Crippen LogP contribution in [0.25, 0.3) is 0 Å². The van der Waals surface area contributed by atoms with Crippen molar-refractivity contribution in [1.82, 2.24) is 4.90 Å². The smallest absolute Gasteiger partial charge is 0.260 e. The molecule has 0 radical (unpaired) electrons. The molecule has 2 fully saturated rings. The Labute approximate surface area is 145 Å². The normalized spacial score (nSPS) is 20.0. The molecule has 2 aliphatic rings. The van der Waals surface area contributed by atoms with Crippen LogP contribution < -0.4 is 4.74 Å². The number of benzene rings is 1. The Kier molecular flexibility index (Phi) is 5.64. The zero-order valence-electron chi connectivity index (χ0n) is 12.7. The highest BCUT2D eigenvalue weighted by Gasteiger charge is 2.31. The van der Waals surface area contributed by atoms with Crippen LogP contribution in [0.3, 0.4) is 0 Å². The van der Waals surface area contributed by atoms with Crippen molar-refractivity contribution in [2.75, 3.05) is 32.9 Å². The number of amides is 1. The van der Waals surface area contributed by atoms with E-state index >= 15 is 0 Å². The first-order chi connectivity index (χ1) is 11.1. The van der Waals surface area contributed by atoms with Crippen molar-refractivity contribution < 1.29 is 19.0 Å². The van der Waals surface area contributed by atoms with Crippen molar-refractivity contribution in [1.29, 1.82) is 0 Å². The predicted molar refractivity (Wildman–Crippen MR) is 87.0 cm³/mol. The summed E-state index contributed by atoms with van der Waals surface area (Å²) < 4.78 is 16.6. The molecule has 2 heterocycles. The van der Waals surface area contributed by atoms with Crippen LogP contribution in [0.1, 0.15) is 12.8 Å². The van der Waals surface area contributed by atoms with Gasteiger partial charge in [0.05, 0.1) is 18.2 Å². The van der Waals surface area contributed by atoms with Crippen molar-refractivity contribution in [3.05, 3.63) is 28.2 Å². The second-order valence-electron chi connectivity index (χ2n) is 5.69. The lowest BCUT2D eigenvalue weighted by atomic mass is 9.96. The molecular formula is C16H19Cl2NO4. The third-order valence-electron chi connectivity index (χ3n) is 4.17. The number of ether oxygens (including phenoxy) is 3. The van der Waals surface area contributed by atoms with Gasteiger partial charge in [-0.3, -0.25) is 4.79 Å². The number of nitrogens with zero attached hydrogens (tertiary/aromatic N) is 1. The number of hydrogen-bond acceptors (Lipinski definition) is 4. The molecule has 2 aliphatic heterocycles. The van der Waals surface area contributed by atoms with Crippen LogP contribution in [0.4, 0.5) is 0 Å². The van der Waals surface area contributed by atoms with Gasteiger partial charge in [-0.05, 0) is 31.0 Å². The highest BCUT2D eigenvalue weighted by molar-refractivity contribution is 6.35. The van der Waals surface area contributed by atoms with E-state index in [1.165, 1.54) is 0 Å². The predicted octanol–water partition coefficient (Wildman–Crippen LogP) is 2.98. The number of carbonyl (C=O) groups excluding carboxylic acids is 1. The van der Waals surface area contributed by atoms with Crippen molar-refractivity contribution in [2.24, 2.45) is 5.92 Å². The van der Waals surface area contributed by atoms with Crippen LogP contribution in [0.15, 0.2) is 18.2 Å². The largest absolute Gasteiger partial charge is 0.482 e. The summed E-state index contributed by atoms with van der Waals surface area (Å²) in [6.45, 7) is 2.70. The summed E-state index contributed by atoms with van der Waals surface area (Å²) >= 11 is 11.9. The average molecular weight is 360 g/mol. The van der Waals surface area contributed by atoms with Gasteiger partial charge in [-0.25, -0.2) is 0 Å². The SMILES string of the molecule is O=C(COc1ccc(Cl)cc1Cl)N1CCC(C2OCCO2)CC1. The quantitative estimate of drug-likeness (QED) is 0.828. The van der Waals surface area contributed by atoms with Crippen LogP contribution in [0, 0.1) is 5.92 Å². The van der Waals surface area contributed by atoms with E-state index in [2.05, 4.69) is 0 Å². The lowest BCUT2D eigenvalue weighted by Crippen LogP contribution is -2.43. The fourth-order valence-corrected chi connectivity index (χ4v) is 3.36. The Bertz CT molecular complexity index is 555. The maximum Gasteiger partial charge on any atom is 0.260 e. The standard InChI is InChI=1S/C16H19Cl2NO4/c17-12-1-2-14(13(18)9-12)23-10-15(20)19-5-3-11(4-6-19)16-21-7-8-22-16/h1-2,9,11,16H,3-8,10H2. The Hall–Kier alpha value is -1.01. The number of halogens is 2. The first-order valence-corrected chi connectivity index (χ1v) is 8.48. The Morgan fingerprint density at radius 1 is 1.22 bits per heavy atom. The molecule has 126 valence electrons. The van der Waals surface area contributed by atoms with E-state index in [1.54, 1.807) is 18.2 Å². The lowest BCUT2D eigenvalue weighted by molar-refractivity contribution is -0.138. The van der Waals surface area contributed by atoms with Crippen LogP contribution in [-0.2, 0) is 14.3 Å². The minimum absolute atomic E-state index is 0.0253. The van der Waals surface area contributed by atoms with E-state index < -0.39 is 0 Å². The topological polar surface area (TPSA) is 48.0 Å². The van der Waals surface area contributed by atoms with Gasteiger partial charge in [-0.15, -0.1) is 0 Å². The van der Waals surface area contributed by atoms with Crippen LogP contribution >= 0.6 is 23.2 Å². The van der Waals surface area contributed by atoms with Gasteiger partial charge in [0.25, 0.3) is 5.91 Å². The summed E-state index contributed by atoms with van der Waals surface area (Å²) in [6, 6.07) is 4.94. The van der Waals surface area contributed by atoms with Gasteiger partial charge in [-0.1, -0.05) is 23.2 Å². The Morgan fingerprint density at radius 2 is 1.91 bits per heavy atom. The molecule has 5 nitrogen and oxygen atoms in total. The van der Waals surface area contributed by atoms with E-state index in [0.29, 0.717) is 48.0 Å². The number of carbonyl (C=O) groups is 1. The number of likely N-dealkylation sites (tertiary alicyclic amines) is 1. The molecule has 0 atom stereocenters. The van der Waals surface area contributed by atoms with Gasteiger partial charge in [0, 0.05) is 24.0 Å². The van der Waals surface area contributed by atoms with Crippen molar-refractivity contribution >= 4 is 29.1 Å². The molecule has 0 unspecified atom stereocenters. The third-order valence-corrected chi connectivity index (χ3v) is 4.70. The van der Waals surface area contributed by atoms with Crippen LogP contribution in [-0.4, -0.2) is 50.0 Å². The summed E-state index contributed by atoms with van der Waals surface area (Å²) in [7, 11) is 0. The van der Waals surface area contributed by atoms with Crippen molar-refractivity contribution in [2.45, 2.75) is 19.1 Å². The molecule has 0 bridgehead atoms. The second-order valence-corrected chi connectivity index (χ2v) is 6.54. The van der Waals surface area contributed by atoms with Crippen molar-refractivity contribution in [3.8, 4) is 5.75 Å². The molecule has 0 N–H and O–H groups in total. The van der Waals surface area contributed by atoms with Gasteiger partial charge >= 0.3 is 0 Å². The number of piperidine rings is 1. The molecule has 0 aromatic heterocycles. The molecule has 1 amide bonds. The summed E-state index contributed by atoms with van der Waals surface area (Å²) in [4.78, 5) is 14.1. The summed E-state index contributed by atoms with van der Waals surface area (Å²) in [5.74, 6) is 0.794. The Balaban J connectivity index is 1.46. The molecule has 23 heavy (non-hydrogen) atoms. The molecule has 1 aromatic rings. The molecular weight excluding hydrogens is 341 g/mol. The van der Waals surface area contributed by atoms with Gasteiger partial charge in [0.1, 0.15) is 5.75 Å². The zero-order chi connectivity index (χ0) is 16.2. The number of hydrogen-bond donors (Lipinski definition) is 0. The van der Waals surface area contributed by atoms with E-state index in [-0.39, 0.29) is 18.8 Å². The molecule has 1 aromatic carbocycles. The monoisotopic (exact) mass is 359 g/mol. The lowest BCUT2D eigenvalue weighted by Gasteiger charge is -2.33. The maximum atomic E-state index is 12.2. The molecule has 0 spiro atoms. The van der Waals surface area contributed by atoms with Gasteiger partial charge in [0.15, 0.2) is 12.9 Å². The first-order valence-electron chi connectivity index (χ1n) is 7.72. The summed E-state index contributed by atoms with van der Waals surface area (Å²) in [5.41, 5.74) is 0. The first kappa shape index (κ1) is 16.8. The van der Waals surface area contributed by atoms with E-state index in [0.717, 1.165) is 12.8 Å². The van der Waals surface area contributed by atoms with Gasteiger partial charge < -0.3 is 19.1 Å². The van der Waals surface area contributed by atoms with E-state index in [9.17, 15) is 4.79 Å². The fraction of sp³-hybridized carbons (Fsp3) is 0.562. The number of rotatable bonds is 4. The fourth-order valence-electron chi connectivity index (χ4n) is 2.89. The molecule has 0 aliphatic carbocycles. The van der Waals surface area contributed by atoms with Gasteiger partial charge in [-0.2, -0.15) is 0 Å². The highest BCUT2D eigenvalue weighted by atomic mass is 35.5. The third kappa shape index (κ3) is 4.29. The summed E-state index contributed by atoms with van der Waals surface area (Å²) in [5, 5.41) is 0.937. The maximum absolute atomic E-state index is 12.2. The minimum atomic E-state index is -0.101. The second kappa shape index (κ2) is 7.71. The molecule has 3 rings (SSSR count). The van der Waals surface area contributed by atoms with E-state index in [4.69, 9.17) is 37.4 Å².